The molecule has 1 aromatic heterocycles. The van der Waals surface area contributed by atoms with E-state index in [1.165, 1.54) is 12.1 Å². The fourth-order valence-corrected chi connectivity index (χ4v) is 2.46. The number of amides is 1. The van der Waals surface area contributed by atoms with E-state index < -0.39 is 0 Å². The molecule has 0 aliphatic carbocycles. The predicted octanol–water partition coefficient (Wildman–Crippen LogP) is 1.97. The molecule has 2 N–H and O–H groups in total. The van der Waals surface area contributed by atoms with Gasteiger partial charge in [0, 0.05) is 23.7 Å². The summed E-state index contributed by atoms with van der Waals surface area (Å²) in [6.07, 6.45) is 0.620. The van der Waals surface area contributed by atoms with Crippen molar-refractivity contribution in [1.82, 2.24) is 15.5 Å². The molecule has 3 aromatic rings. The van der Waals surface area contributed by atoms with Gasteiger partial charge in [-0.3, -0.25) is 14.4 Å². The minimum absolute atomic E-state index is 0.0189. The van der Waals surface area contributed by atoms with E-state index in [2.05, 4.69) is 15.5 Å². The van der Waals surface area contributed by atoms with Gasteiger partial charge in [0.1, 0.15) is 5.69 Å². The number of carbonyl (C=O) groups is 2. The summed E-state index contributed by atoms with van der Waals surface area (Å²) in [4.78, 5) is 35.2. The van der Waals surface area contributed by atoms with Gasteiger partial charge in [0.15, 0.2) is 5.78 Å². The highest BCUT2D eigenvalue weighted by molar-refractivity contribution is 6.08. The second-order valence-electron chi connectivity index (χ2n) is 5.70. The Kier molecular flexibility index (Phi) is 5.34. The number of benzene rings is 2. The average molecular weight is 347 g/mol. The van der Waals surface area contributed by atoms with Crippen LogP contribution in [-0.4, -0.2) is 28.4 Å². The molecular weight excluding hydrogens is 330 g/mol. The molecular formula is C20H17N3O3. The zero-order valence-corrected chi connectivity index (χ0v) is 13.9. The van der Waals surface area contributed by atoms with Crippen LogP contribution in [0, 0.1) is 0 Å². The molecule has 0 aliphatic heterocycles. The third kappa shape index (κ3) is 4.30. The highest BCUT2D eigenvalue weighted by Crippen LogP contribution is 2.11. The molecule has 0 fully saturated rings. The lowest BCUT2D eigenvalue weighted by atomic mass is 10.0. The standard InChI is InChI=1S/C20H17N3O3/c24-18-11-10-17(22-23-18)20(26)21-13-12-14-6-8-16(9-7-14)19(25)15-4-2-1-3-5-15/h1-11H,12-13H2,(H,21,26)(H,23,24). The van der Waals surface area contributed by atoms with E-state index in [4.69, 9.17) is 0 Å². The van der Waals surface area contributed by atoms with Crippen molar-refractivity contribution in [3.05, 3.63) is 99.5 Å². The Morgan fingerprint density at radius 1 is 0.885 bits per heavy atom. The van der Waals surface area contributed by atoms with Gasteiger partial charge in [-0.2, -0.15) is 5.10 Å². The molecule has 0 spiro atoms. The molecule has 2 aromatic carbocycles. The first-order chi connectivity index (χ1) is 12.6. The largest absolute Gasteiger partial charge is 0.350 e. The van der Waals surface area contributed by atoms with Gasteiger partial charge in [-0.25, -0.2) is 5.10 Å². The molecule has 0 saturated carbocycles. The van der Waals surface area contributed by atoms with Crippen LogP contribution in [0.15, 0.2) is 71.5 Å². The molecule has 3 rings (SSSR count). The van der Waals surface area contributed by atoms with E-state index in [1.54, 1.807) is 24.3 Å². The molecule has 6 heteroatoms. The SMILES string of the molecule is O=C(c1ccccc1)c1ccc(CCNC(=O)c2ccc(=O)[nH]n2)cc1. The Hall–Kier alpha value is -3.54. The van der Waals surface area contributed by atoms with Crippen LogP contribution < -0.4 is 10.9 Å². The lowest BCUT2D eigenvalue weighted by Gasteiger charge is -2.06. The summed E-state index contributed by atoms with van der Waals surface area (Å²) in [5.41, 5.74) is 2.09. The number of nitrogens with zero attached hydrogens (tertiary/aromatic N) is 1. The molecule has 0 atom stereocenters. The van der Waals surface area contributed by atoms with Crippen molar-refractivity contribution >= 4 is 11.7 Å². The van der Waals surface area contributed by atoms with Crippen molar-refractivity contribution < 1.29 is 9.59 Å². The van der Waals surface area contributed by atoms with Gasteiger partial charge in [-0.1, -0.05) is 54.6 Å². The van der Waals surface area contributed by atoms with Gasteiger partial charge in [0.25, 0.3) is 11.5 Å². The van der Waals surface area contributed by atoms with Gasteiger partial charge in [-0.15, -0.1) is 0 Å². The third-order valence-corrected chi connectivity index (χ3v) is 3.86. The summed E-state index contributed by atoms with van der Waals surface area (Å²) in [6, 6.07) is 19.1. The Morgan fingerprint density at radius 3 is 2.23 bits per heavy atom. The van der Waals surface area contributed by atoms with Crippen molar-refractivity contribution in [2.45, 2.75) is 6.42 Å². The zero-order valence-electron chi connectivity index (χ0n) is 13.9. The van der Waals surface area contributed by atoms with Crippen LogP contribution in [0.3, 0.4) is 0 Å². The van der Waals surface area contributed by atoms with Gasteiger partial charge < -0.3 is 5.32 Å². The first kappa shape index (κ1) is 17.3. The maximum absolute atomic E-state index is 12.4. The highest BCUT2D eigenvalue weighted by atomic mass is 16.2. The normalized spacial score (nSPS) is 10.3. The van der Waals surface area contributed by atoms with Gasteiger partial charge in [-0.05, 0) is 18.1 Å². The summed E-state index contributed by atoms with van der Waals surface area (Å²) in [5.74, 6) is -0.369. The second-order valence-corrected chi connectivity index (χ2v) is 5.70. The summed E-state index contributed by atoms with van der Waals surface area (Å²) < 4.78 is 0. The molecule has 0 bridgehead atoms. The number of nitrogens with one attached hydrogen (secondary N) is 2. The number of carbonyl (C=O) groups excluding carboxylic acids is 2. The zero-order chi connectivity index (χ0) is 18.4. The molecule has 26 heavy (non-hydrogen) atoms. The van der Waals surface area contributed by atoms with Gasteiger partial charge >= 0.3 is 0 Å². The maximum Gasteiger partial charge on any atom is 0.271 e. The molecule has 0 unspecified atom stereocenters. The summed E-state index contributed by atoms with van der Waals surface area (Å²) in [7, 11) is 0. The Balaban J connectivity index is 1.54. The smallest absolute Gasteiger partial charge is 0.271 e. The van der Waals surface area contributed by atoms with E-state index in [9.17, 15) is 14.4 Å². The topological polar surface area (TPSA) is 91.9 Å². The number of aromatic amines is 1. The van der Waals surface area contributed by atoms with Crippen molar-refractivity contribution in [2.24, 2.45) is 0 Å². The quantitative estimate of drug-likeness (QED) is 0.667. The molecule has 130 valence electrons. The molecule has 0 saturated heterocycles. The van der Waals surface area contributed by atoms with Crippen LogP contribution >= 0.6 is 0 Å². The van der Waals surface area contributed by atoms with Crippen LogP contribution in [-0.2, 0) is 6.42 Å². The molecule has 6 nitrogen and oxygen atoms in total. The van der Waals surface area contributed by atoms with E-state index >= 15 is 0 Å². The summed E-state index contributed by atoms with van der Waals surface area (Å²) >= 11 is 0. The average Bonchev–Trinajstić information content (AvgIpc) is 2.69. The number of rotatable bonds is 6. The minimum Gasteiger partial charge on any atom is -0.350 e. The van der Waals surface area contributed by atoms with Gasteiger partial charge in [0.2, 0.25) is 0 Å². The van der Waals surface area contributed by atoms with Crippen molar-refractivity contribution in [2.75, 3.05) is 6.54 Å². The van der Waals surface area contributed by atoms with Crippen LogP contribution in [0.1, 0.15) is 32.0 Å². The van der Waals surface area contributed by atoms with Crippen LogP contribution in [0.25, 0.3) is 0 Å². The van der Waals surface area contributed by atoms with Crippen LogP contribution in [0.2, 0.25) is 0 Å². The highest BCUT2D eigenvalue weighted by Gasteiger charge is 2.09. The number of hydrogen-bond acceptors (Lipinski definition) is 4. The number of aromatic nitrogens is 2. The monoisotopic (exact) mass is 347 g/mol. The van der Waals surface area contributed by atoms with Crippen molar-refractivity contribution in [1.29, 1.82) is 0 Å². The van der Waals surface area contributed by atoms with Crippen LogP contribution in [0.4, 0.5) is 0 Å². The van der Waals surface area contributed by atoms with Crippen molar-refractivity contribution in [3.63, 3.8) is 0 Å². The molecule has 1 heterocycles. The van der Waals surface area contributed by atoms with E-state index in [0.717, 1.165) is 5.56 Å². The number of ketones is 1. The first-order valence-corrected chi connectivity index (χ1v) is 8.16. The molecule has 1 amide bonds. The Bertz CT molecular complexity index is 943. The third-order valence-electron chi connectivity index (χ3n) is 3.86. The van der Waals surface area contributed by atoms with E-state index in [-0.39, 0.29) is 22.9 Å². The maximum atomic E-state index is 12.4. The Labute approximate surface area is 149 Å². The molecule has 0 aliphatic rings. The number of hydrogen-bond donors (Lipinski definition) is 2. The number of H-pyrrole nitrogens is 1. The molecule has 0 radical (unpaired) electrons. The minimum atomic E-state index is -0.355. The fraction of sp³-hybridized carbons (Fsp3) is 0.100. The fourth-order valence-electron chi connectivity index (χ4n) is 2.46. The predicted molar refractivity (Wildman–Crippen MR) is 97.2 cm³/mol. The first-order valence-electron chi connectivity index (χ1n) is 8.16. The van der Waals surface area contributed by atoms with Crippen LogP contribution in [0.5, 0.6) is 0 Å². The summed E-state index contributed by atoms with van der Waals surface area (Å²) in [6.45, 7) is 0.422. The summed E-state index contributed by atoms with van der Waals surface area (Å²) in [5, 5.41) is 8.64. The second kappa shape index (κ2) is 8.02. The van der Waals surface area contributed by atoms with E-state index in [0.29, 0.717) is 24.1 Å². The lowest BCUT2D eigenvalue weighted by Crippen LogP contribution is -2.27. The Morgan fingerprint density at radius 2 is 1.58 bits per heavy atom. The lowest BCUT2D eigenvalue weighted by molar-refractivity contribution is 0.0947. The van der Waals surface area contributed by atoms with Gasteiger partial charge in [0.05, 0.1) is 0 Å². The van der Waals surface area contributed by atoms with Crippen molar-refractivity contribution in [3.8, 4) is 0 Å². The van der Waals surface area contributed by atoms with E-state index in [1.807, 2.05) is 30.3 Å².